The van der Waals surface area contributed by atoms with Gasteiger partial charge in [-0.2, -0.15) is 10.2 Å². The number of aromatic nitrogens is 2. The third-order valence-electron chi connectivity index (χ3n) is 2.33. The highest BCUT2D eigenvalue weighted by Crippen LogP contribution is 2.07. The monoisotopic (exact) mass is 244 g/mol. The summed E-state index contributed by atoms with van der Waals surface area (Å²) < 4.78 is 1.46. The van der Waals surface area contributed by atoms with Crippen LogP contribution < -0.4 is 5.43 Å². The van der Waals surface area contributed by atoms with Gasteiger partial charge in [-0.05, 0) is 35.9 Å². The summed E-state index contributed by atoms with van der Waals surface area (Å²) in [5.74, 6) is -0.143. The molecule has 0 bridgehead atoms. The molecule has 1 aromatic carbocycles. The second kappa shape index (κ2) is 5.13. The first-order valence-electron chi connectivity index (χ1n) is 5.27. The number of amides is 1. The molecule has 0 saturated heterocycles. The van der Waals surface area contributed by atoms with Crippen LogP contribution in [0.3, 0.4) is 0 Å². The van der Waals surface area contributed by atoms with E-state index < -0.39 is 0 Å². The van der Waals surface area contributed by atoms with E-state index in [-0.39, 0.29) is 11.7 Å². The first kappa shape index (κ1) is 11.8. The molecule has 1 heterocycles. The van der Waals surface area contributed by atoms with Gasteiger partial charge in [0.1, 0.15) is 11.4 Å². The van der Waals surface area contributed by atoms with Crippen LogP contribution in [0.4, 0.5) is 0 Å². The maximum Gasteiger partial charge on any atom is 0.289 e. The number of hydrogen-bond donors (Lipinski definition) is 2. The van der Waals surface area contributed by atoms with E-state index >= 15 is 0 Å². The molecular formula is C12H12N4O2. The summed E-state index contributed by atoms with van der Waals surface area (Å²) >= 11 is 0. The Morgan fingerprint density at radius 1 is 1.39 bits per heavy atom. The van der Waals surface area contributed by atoms with Gasteiger partial charge >= 0.3 is 0 Å². The van der Waals surface area contributed by atoms with Crippen molar-refractivity contribution in [3.63, 3.8) is 0 Å². The van der Waals surface area contributed by atoms with Gasteiger partial charge in [0.15, 0.2) is 0 Å². The molecule has 2 aromatic rings. The second-order valence-electron chi connectivity index (χ2n) is 3.63. The number of carbonyl (C=O) groups is 1. The van der Waals surface area contributed by atoms with Crippen molar-refractivity contribution in [2.75, 3.05) is 0 Å². The van der Waals surface area contributed by atoms with Crippen molar-refractivity contribution in [3.05, 3.63) is 47.8 Å². The summed E-state index contributed by atoms with van der Waals surface area (Å²) in [6.07, 6.45) is 3.03. The van der Waals surface area contributed by atoms with E-state index in [1.807, 2.05) is 0 Å². The zero-order valence-electron chi connectivity index (χ0n) is 9.74. The number of phenolic OH excluding ortho intramolecular Hbond substituents is 1. The fourth-order valence-corrected chi connectivity index (χ4v) is 1.38. The van der Waals surface area contributed by atoms with E-state index in [1.165, 1.54) is 10.9 Å². The first-order valence-corrected chi connectivity index (χ1v) is 5.27. The minimum atomic E-state index is -0.329. The van der Waals surface area contributed by atoms with Crippen molar-refractivity contribution in [1.82, 2.24) is 15.2 Å². The maximum atomic E-state index is 11.6. The molecule has 2 N–H and O–H groups in total. The molecule has 2 rings (SSSR count). The Morgan fingerprint density at radius 2 is 2.11 bits per heavy atom. The molecule has 1 amide bonds. The maximum absolute atomic E-state index is 11.6. The molecule has 0 spiro atoms. The van der Waals surface area contributed by atoms with Crippen LogP contribution in [0.25, 0.3) is 0 Å². The number of phenols is 1. The Morgan fingerprint density at radius 3 is 2.72 bits per heavy atom. The van der Waals surface area contributed by atoms with Crippen LogP contribution in [0.1, 0.15) is 16.1 Å². The van der Waals surface area contributed by atoms with Gasteiger partial charge in [-0.25, -0.2) is 5.43 Å². The number of hydrazone groups is 1. The number of aromatic hydroxyl groups is 1. The molecule has 0 atom stereocenters. The largest absolute Gasteiger partial charge is 0.508 e. The van der Waals surface area contributed by atoms with Gasteiger partial charge in [0.2, 0.25) is 0 Å². The molecule has 0 radical (unpaired) electrons. The van der Waals surface area contributed by atoms with Gasteiger partial charge in [0.25, 0.3) is 5.91 Å². The summed E-state index contributed by atoms with van der Waals surface area (Å²) in [7, 11) is 1.68. The van der Waals surface area contributed by atoms with Crippen molar-refractivity contribution in [2.24, 2.45) is 12.1 Å². The Labute approximate surface area is 104 Å². The van der Waals surface area contributed by atoms with Gasteiger partial charge in [-0.3, -0.25) is 9.48 Å². The molecule has 1 aromatic heterocycles. The molecule has 0 unspecified atom stereocenters. The summed E-state index contributed by atoms with van der Waals surface area (Å²) in [6, 6.07) is 8.07. The lowest BCUT2D eigenvalue weighted by molar-refractivity contribution is 0.0945. The molecule has 92 valence electrons. The van der Waals surface area contributed by atoms with Crippen molar-refractivity contribution in [1.29, 1.82) is 0 Å². The molecular weight excluding hydrogens is 232 g/mol. The van der Waals surface area contributed by atoms with Crippen LogP contribution in [0, 0.1) is 0 Å². The van der Waals surface area contributed by atoms with Gasteiger partial charge in [-0.1, -0.05) is 0 Å². The summed E-state index contributed by atoms with van der Waals surface area (Å²) in [5.41, 5.74) is 3.60. The average molecular weight is 244 g/mol. The number of nitrogens with one attached hydrogen (secondary N) is 1. The van der Waals surface area contributed by atoms with Crippen LogP contribution in [-0.2, 0) is 7.05 Å². The van der Waals surface area contributed by atoms with E-state index in [9.17, 15) is 4.79 Å². The topological polar surface area (TPSA) is 79.5 Å². The van der Waals surface area contributed by atoms with E-state index in [4.69, 9.17) is 5.11 Å². The lowest BCUT2D eigenvalue weighted by Gasteiger charge is -1.99. The smallest absolute Gasteiger partial charge is 0.289 e. The highest BCUT2D eigenvalue weighted by atomic mass is 16.3. The lowest BCUT2D eigenvalue weighted by atomic mass is 10.2. The Bertz CT molecular complexity index is 572. The minimum Gasteiger partial charge on any atom is -0.508 e. The molecule has 0 fully saturated rings. The molecule has 0 aliphatic heterocycles. The van der Waals surface area contributed by atoms with Crippen LogP contribution in [-0.4, -0.2) is 27.0 Å². The summed E-state index contributed by atoms with van der Waals surface area (Å²) in [4.78, 5) is 11.6. The predicted octanol–water partition coefficient (Wildman–Crippen LogP) is 0.890. The Kier molecular flexibility index (Phi) is 3.38. The SMILES string of the molecule is Cn1nccc1C(=O)N/N=C/c1ccc(O)cc1. The van der Waals surface area contributed by atoms with E-state index in [1.54, 1.807) is 43.6 Å². The standard InChI is InChI=1S/C12H12N4O2/c1-16-11(6-7-14-16)12(18)15-13-8-9-2-4-10(17)5-3-9/h2-8,17H,1H3,(H,15,18)/b13-8+. The Balaban J connectivity index is 1.98. The third-order valence-corrected chi connectivity index (χ3v) is 2.33. The number of carbonyl (C=O) groups excluding carboxylic acids is 1. The highest BCUT2D eigenvalue weighted by molar-refractivity contribution is 5.93. The normalized spacial score (nSPS) is 10.7. The molecule has 6 heteroatoms. The number of nitrogens with zero attached hydrogens (tertiary/aromatic N) is 3. The fraction of sp³-hybridized carbons (Fsp3) is 0.0833. The van der Waals surface area contributed by atoms with Gasteiger partial charge in [0.05, 0.1) is 6.21 Å². The van der Waals surface area contributed by atoms with Crippen molar-refractivity contribution < 1.29 is 9.90 Å². The molecule has 18 heavy (non-hydrogen) atoms. The predicted molar refractivity (Wildman–Crippen MR) is 66.4 cm³/mol. The van der Waals surface area contributed by atoms with E-state index in [0.717, 1.165) is 5.56 Å². The van der Waals surface area contributed by atoms with E-state index in [2.05, 4.69) is 15.6 Å². The molecule has 6 nitrogen and oxygen atoms in total. The zero-order valence-corrected chi connectivity index (χ0v) is 9.74. The highest BCUT2D eigenvalue weighted by Gasteiger charge is 2.07. The minimum absolute atomic E-state index is 0.186. The number of rotatable bonds is 3. The first-order chi connectivity index (χ1) is 8.66. The fourth-order valence-electron chi connectivity index (χ4n) is 1.38. The average Bonchev–Trinajstić information content (AvgIpc) is 2.78. The Hall–Kier alpha value is -2.63. The van der Waals surface area contributed by atoms with Gasteiger partial charge in [0, 0.05) is 13.2 Å². The van der Waals surface area contributed by atoms with Crippen molar-refractivity contribution in [2.45, 2.75) is 0 Å². The van der Waals surface area contributed by atoms with Crippen LogP contribution >= 0.6 is 0 Å². The lowest BCUT2D eigenvalue weighted by Crippen LogP contribution is -2.20. The zero-order chi connectivity index (χ0) is 13.0. The number of hydrogen-bond acceptors (Lipinski definition) is 4. The van der Waals surface area contributed by atoms with Crippen molar-refractivity contribution >= 4 is 12.1 Å². The third kappa shape index (κ3) is 2.73. The summed E-state index contributed by atoms with van der Waals surface area (Å²) in [5, 5.41) is 16.8. The molecule has 0 aliphatic rings. The number of aryl methyl sites for hydroxylation is 1. The van der Waals surface area contributed by atoms with Gasteiger partial charge in [-0.15, -0.1) is 0 Å². The van der Waals surface area contributed by atoms with Gasteiger partial charge < -0.3 is 5.11 Å². The van der Waals surface area contributed by atoms with Crippen molar-refractivity contribution in [3.8, 4) is 5.75 Å². The number of benzene rings is 1. The second-order valence-corrected chi connectivity index (χ2v) is 3.63. The van der Waals surface area contributed by atoms with Crippen LogP contribution in [0.2, 0.25) is 0 Å². The molecule has 0 saturated carbocycles. The van der Waals surface area contributed by atoms with Crippen LogP contribution in [0.15, 0.2) is 41.6 Å². The van der Waals surface area contributed by atoms with E-state index in [0.29, 0.717) is 5.69 Å². The quantitative estimate of drug-likeness (QED) is 0.621. The molecule has 0 aliphatic carbocycles. The summed E-state index contributed by atoms with van der Waals surface area (Å²) in [6.45, 7) is 0. The van der Waals surface area contributed by atoms with Crippen LogP contribution in [0.5, 0.6) is 5.75 Å².